The third kappa shape index (κ3) is 5.46. The summed E-state index contributed by atoms with van der Waals surface area (Å²) in [5.41, 5.74) is 0.544. The van der Waals surface area contributed by atoms with Crippen LogP contribution in [0.2, 0.25) is 0 Å². The Morgan fingerprint density at radius 2 is 2.21 bits per heavy atom. The number of amides is 2. The van der Waals surface area contributed by atoms with Crippen LogP contribution in [-0.4, -0.2) is 55.7 Å². The van der Waals surface area contributed by atoms with Gasteiger partial charge in [-0.1, -0.05) is 11.3 Å². The molecular weight excluding hydrogens is 425 g/mol. The largest absolute Gasteiger partial charge is 0.442 e. The first kappa shape index (κ1) is 21.1. The Kier molecular flexibility index (Phi) is 6.71. The van der Waals surface area contributed by atoms with E-state index in [4.69, 9.17) is 4.74 Å². The molecule has 29 heavy (non-hydrogen) atoms. The number of nitrogens with zero attached hydrogens (tertiary/aromatic N) is 3. The van der Waals surface area contributed by atoms with Gasteiger partial charge in [-0.05, 0) is 18.2 Å². The minimum absolute atomic E-state index is 0.178. The van der Waals surface area contributed by atoms with Gasteiger partial charge in [-0.15, -0.1) is 10.2 Å². The highest BCUT2D eigenvalue weighted by molar-refractivity contribution is 7.72. The van der Waals surface area contributed by atoms with E-state index in [1.165, 1.54) is 24.0 Å². The van der Waals surface area contributed by atoms with Crippen LogP contribution in [-0.2, 0) is 26.8 Å². The molecule has 0 spiro atoms. The quantitative estimate of drug-likeness (QED) is 0.502. The van der Waals surface area contributed by atoms with Crippen LogP contribution >= 0.6 is 11.3 Å². The highest BCUT2D eigenvalue weighted by atomic mass is 32.2. The van der Waals surface area contributed by atoms with E-state index >= 15 is 0 Å². The van der Waals surface area contributed by atoms with E-state index in [9.17, 15) is 22.4 Å². The lowest BCUT2D eigenvalue weighted by molar-refractivity contribution is -0.119. The van der Waals surface area contributed by atoms with Crippen LogP contribution in [0.1, 0.15) is 11.9 Å². The van der Waals surface area contributed by atoms with Crippen LogP contribution in [0.15, 0.2) is 18.2 Å². The molecule has 0 aliphatic carbocycles. The molecule has 13 heteroatoms. The summed E-state index contributed by atoms with van der Waals surface area (Å²) in [5.74, 6) is -0.996. The van der Waals surface area contributed by atoms with Gasteiger partial charge in [0.05, 0.1) is 31.2 Å². The van der Waals surface area contributed by atoms with Crippen LogP contribution < -0.4 is 15.5 Å². The smallest absolute Gasteiger partial charge is 0.414 e. The summed E-state index contributed by atoms with van der Waals surface area (Å²) in [7, 11) is -2.54. The van der Waals surface area contributed by atoms with Gasteiger partial charge >= 0.3 is 6.09 Å². The lowest BCUT2D eigenvalue weighted by Crippen LogP contribution is -2.33. The summed E-state index contributed by atoms with van der Waals surface area (Å²) in [6, 6.07) is 4.27. The van der Waals surface area contributed by atoms with Crippen LogP contribution in [0, 0.1) is 5.82 Å². The maximum atomic E-state index is 14.6. The number of hydrogen-bond donors (Lipinski definition) is 3. The first-order chi connectivity index (χ1) is 13.8. The van der Waals surface area contributed by atoms with Gasteiger partial charge in [-0.2, -0.15) is 0 Å². The molecule has 0 radical (unpaired) electrons. The SMILES string of the molecule is CC(=O)NC[C@H]1CN(c2ccc(-c3nnc(CNC[SH](=O)=O)s3)c(F)c2)C(=O)O1. The van der Waals surface area contributed by atoms with Crippen molar-refractivity contribution in [2.24, 2.45) is 0 Å². The number of aromatic nitrogens is 2. The molecule has 1 aliphatic rings. The molecule has 2 aromatic rings. The van der Waals surface area contributed by atoms with E-state index in [1.54, 1.807) is 6.07 Å². The number of nitrogens with one attached hydrogen (secondary N) is 2. The van der Waals surface area contributed by atoms with E-state index in [1.807, 2.05) is 0 Å². The Morgan fingerprint density at radius 3 is 2.90 bits per heavy atom. The molecule has 1 aliphatic heterocycles. The zero-order valence-electron chi connectivity index (χ0n) is 15.3. The number of rotatable bonds is 8. The molecule has 1 fully saturated rings. The predicted octanol–water partition coefficient (Wildman–Crippen LogP) is 0.464. The van der Waals surface area contributed by atoms with Crippen LogP contribution in [0.25, 0.3) is 10.6 Å². The Bertz CT molecular complexity index is 988. The summed E-state index contributed by atoms with van der Waals surface area (Å²) >= 11 is 1.13. The molecule has 10 nitrogen and oxygen atoms in total. The molecule has 2 amide bonds. The number of ether oxygens (including phenoxy) is 1. The number of cyclic esters (lactones) is 1. The van der Waals surface area contributed by atoms with Crippen molar-refractivity contribution in [1.82, 2.24) is 20.8 Å². The van der Waals surface area contributed by atoms with Crippen molar-refractivity contribution in [1.29, 1.82) is 0 Å². The van der Waals surface area contributed by atoms with Gasteiger partial charge in [0.15, 0.2) is 15.7 Å². The van der Waals surface area contributed by atoms with Gasteiger partial charge in [0, 0.05) is 12.5 Å². The van der Waals surface area contributed by atoms with Crippen molar-refractivity contribution in [2.75, 3.05) is 23.9 Å². The monoisotopic (exact) mass is 443 g/mol. The number of carbonyl (C=O) groups is 2. The zero-order chi connectivity index (χ0) is 21.0. The number of carbonyl (C=O) groups excluding carboxylic acids is 2. The molecule has 0 bridgehead atoms. The normalized spacial score (nSPS) is 16.3. The number of hydrogen-bond acceptors (Lipinski definition) is 9. The summed E-state index contributed by atoms with van der Waals surface area (Å²) in [6.07, 6.45) is -1.13. The minimum atomic E-state index is -2.54. The first-order valence-electron chi connectivity index (χ1n) is 8.51. The highest BCUT2D eigenvalue weighted by Gasteiger charge is 2.32. The van der Waals surface area contributed by atoms with Gasteiger partial charge in [-0.3, -0.25) is 15.0 Å². The number of halogens is 1. The summed E-state index contributed by atoms with van der Waals surface area (Å²) in [4.78, 5) is 24.3. The maximum Gasteiger partial charge on any atom is 0.414 e. The van der Waals surface area contributed by atoms with Gasteiger partial charge in [0.25, 0.3) is 0 Å². The summed E-state index contributed by atoms with van der Waals surface area (Å²) < 4.78 is 40.9. The van der Waals surface area contributed by atoms with Crippen LogP contribution in [0.4, 0.5) is 14.9 Å². The molecule has 2 N–H and O–H groups in total. The second-order valence-electron chi connectivity index (χ2n) is 6.14. The molecular formula is C16H18FN5O5S2. The highest BCUT2D eigenvalue weighted by Crippen LogP contribution is 2.30. The molecule has 1 aromatic heterocycles. The van der Waals surface area contributed by atoms with Crippen molar-refractivity contribution in [3.63, 3.8) is 0 Å². The van der Waals surface area contributed by atoms with Gasteiger partial charge in [-0.25, -0.2) is 17.6 Å². The number of anilines is 1. The van der Waals surface area contributed by atoms with E-state index in [2.05, 4.69) is 20.8 Å². The van der Waals surface area contributed by atoms with Crippen LogP contribution in [0.3, 0.4) is 0 Å². The molecule has 3 rings (SSSR count). The predicted molar refractivity (Wildman–Crippen MR) is 104 cm³/mol. The van der Waals surface area contributed by atoms with Crippen molar-refractivity contribution in [3.05, 3.63) is 29.0 Å². The van der Waals surface area contributed by atoms with Crippen LogP contribution in [0.5, 0.6) is 0 Å². The summed E-state index contributed by atoms with van der Waals surface area (Å²) in [6.45, 7) is 1.94. The van der Waals surface area contributed by atoms with E-state index in [-0.39, 0.29) is 37.0 Å². The van der Waals surface area contributed by atoms with Gasteiger partial charge in [0.1, 0.15) is 16.9 Å². The second-order valence-corrected chi connectivity index (χ2v) is 8.18. The van der Waals surface area contributed by atoms with E-state index < -0.39 is 28.7 Å². The Balaban J connectivity index is 1.68. The average Bonchev–Trinajstić information content (AvgIpc) is 3.26. The molecule has 0 saturated carbocycles. The zero-order valence-corrected chi connectivity index (χ0v) is 17.0. The Morgan fingerprint density at radius 1 is 1.41 bits per heavy atom. The minimum Gasteiger partial charge on any atom is -0.442 e. The summed E-state index contributed by atoms with van der Waals surface area (Å²) in [5, 5.41) is 14.0. The first-order valence-corrected chi connectivity index (χ1v) is 10.7. The molecule has 156 valence electrons. The van der Waals surface area contributed by atoms with Gasteiger partial charge < -0.3 is 10.1 Å². The number of thiol groups is 1. The number of benzene rings is 1. The molecule has 2 heterocycles. The van der Waals surface area contributed by atoms with Crippen molar-refractivity contribution >= 4 is 39.7 Å². The maximum absolute atomic E-state index is 14.6. The standard InChI is InChI=1S/C16H18FN5O5S2/c1-9(23)19-5-11-7-22(16(24)27-11)10-2-3-12(13(17)4-10)15-21-20-14(28-15)6-18-8-29(25)26/h2-4,11,18,29H,5-8H2,1H3,(H,19,23)/t11-/m0/s1. The van der Waals surface area contributed by atoms with Crippen molar-refractivity contribution in [3.8, 4) is 10.6 Å². The van der Waals surface area contributed by atoms with Crippen molar-refractivity contribution < 1.29 is 27.1 Å². The third-order valence-corrected chi connectivity index (χ3v) is 5.37. The Labute approximate surface area is 171 Å². The fourth-order valence-corrected chi connectivity index (χ4v) is 3.76. The lowest BCUT2D eigenvalue weighted by atomic mass is 10.2. The molecule has 0 unspecified atom stereocenters. The Hall–Kier alpha value is -2.64. The molecule has 1 saturated heterocycles. The van der Waals surface area contributed by atoms with E-state index in [0.717, 1.165) is 11.3 Å². The third-order valence-electron chi connectivity index (χ3n) is 3.93. The molecule has 1 aromatic carbocycles. The average molecular weight is 443 g/mol. The topological polar surface area (TPSA) is 131 Å². The van der Waals surface area contributed by atoms with E-state index in [0.29, 0.717) is 15.7 Å². The molecule has 1 atom stereocenters. The van der Waals surface area contributed by atoms with Gasteiger partial charge in [0.2, 0.25) is 5.91 Å². The second kappa shape index (κ2) is 9.24. The fraction of sp³-hybridized carbons (Fsp3) is 0.375. The lowest BCUT2D eigenvalue weighted by Gasteiger charge is -2.14. The fourth-order valence-electron chi connectivity index (χ4n) is 2.63. The van der Waals surface area contributed by atoms with Crippen molar-refractivity contribution in [2.45, 2.75) is 19.6 Å².